The fraction of sp³-hybridized carbons (Fsp3) is 0.286. The molecule has 1 saturated heterocycles. The van der Waals surface area contributed by atoms with Crippen LogP contribution in [0, 0.1) is 11.3 Å². The Morgan fingerprint density at radius 2 is 1.83 bits per heavy atom. The van der Waals surface area contributed by atoms with Crippen LogP contribution >= 0.6 is 23.2 Å². The summed E-state index contributed by atoms with van der Waals surface area (Å²) < 4.78 is 1.45. The number of halogens is 2. The number of rotatable bonds is 3. The first-order chi connectivity index (χ1) is 14.0. The Morgan fingerprint density at radius 1 is 1.10 bits per heavy atom. The number of benzene rings is 1. The van der Waals surface area contributed by atoms with Crippen molar-refractivity contribution in [3.8, 4) is 6.07 Å². The minimum atomic E-state index is -0.322. The number of nitriles is 1. The molecule has 29 heavy (non-hydrogen) atoms. The smallest absolute Gasteiger partial charge is 0.270 e. The Bertz CT molecular complexity index is 1180. The molecule has 0 spiro atoms. The van der Waals surface area contributed by atoms with Crippen LogP contribution in [0.1, 0.15) is 11.1 Å². The summed E-state index contributed by atoms with van der Waals surface area (Å²) in [5, 5.41) is 10.8. The number of aromatic nitrogens is 2. The second-order valence-corrected chi connectivity index (χ2v) is 7.85. The van der Waals surface area contributed by atoms with Crippen LogP contribution in [-0.2, 0) is 13.6 Å². The number of aryl methyl sites for hydroxylation is 1. The molecule has 2 aromatic heterocycles. The van der Waals surface area contributed by atoms with Gasteiger partial charge in [-0.25, -0.2) is 4.98 Å². The molecule has 3 heterocycles. The van der Waals surface area contributed by atoms with Crippen molar-refractivity contribution in [3.05, 3.63) is 68.1 Å². The third-order valence-corrected chi connectivity index (χ3v) is 5.91. The van der Waals surface area contributed by atoms with E-state index in [2.05, 4.69) is 20.9 Å². The van der Waals surface area contributed by atoms with E-state index in [9.17, 15) is 10.1 Å². The maximum Gasteiger partial charge on any atom is 0.270 e. The molecule has 6 nitrogen and oxygen atoms in total. The normalized spacial score (nSPS) is 14.9. The maximum atomic E-state index is 12.7. The van der Waals surface area contributed by atoms with Gasteiger partial charge in [0, 0.05) is 44.8 Å². The molecule has 0 amide bonds. The highest BCUT2D eigenvalue weighted by atomic mass is 35.5. The van der Waals surface area contributed by atoms with E-state index in [1.165, 1.54) is 4.57 Å². The predicted molar refractivity (Wildman–Crippen MR) is 116 cm³/mol. The second kappa shape index (κ2) is 8.03. The van der Waals surface area contributed by atoms with Gasteiger partial charge < -0.3 is 9.47 Å². The first-order valence-electron chi connectivity index (χ1n) is 9.29. The molecule has 1 aliphatic heterocycles. The standard InChI is InChI=1S/C21H19Cl2N5O/c1-26-17-6-7-18(23)25-19(17)20(15(12-24)21(26)29)28-10-8-27(9-11-28)13-14-4-2-3-5-16(14)22/h2-7H,8-11,13H2,1H3. The molecule has 0 aliphatic carbocycles. The predicted octanol–water partition coefficient (Wildman–Crippen LogP) is 3.43. The van der Waals surface area contributed by atoms with Crippen LogP contribution in [-0.4, -0.2) is 40.6 Å². The molecule has 1 aliphatic rings. The van der Waals surface area contributed by atoms with Crippen molar-refractivity contribution < 1.29 is 0 Å². The van der Waals surface area contributed by atoms with Gasteiger partial charge in [0.2, 0.25) is 0 Å². The van der Waals surface area contributed by atoms with Gasteiger partial charge in [0.1, 0.15) is 22.3 Å². The summed E-state index contributed by atoms with van der Waals surface area (Å²) in [5.74, 6) is 0. The van der Waals surface area contributed by atoms with E-state index in [1.54, 1.807) is 19.2 Å². The van der Waals surface area contributed by atoms with Gasteiger partial charge in [0.25, 0.3) is 5.56 Å². The Morgan fingerprint density at radius 3 is 2.52 bits per heavy atom. The van der Waals surface area contributed by atoms with Crippen LogP contribution in [0.3, 0.4) is 0 Å². The highest BCUT2D eigenvalue weighted by Gasteiger charge is 2.25. The summed E-state index contributed by atoms with van der Waals surface area (Å²) in [5.41, 5.74) is 2.69. The number of anilines is 1. The molecule has 0 saturated carbocycles. The van der Waals surface area contributed by atoms with Crippen molar-refractivity contribution in [3.63, 3.8) is 0 Å². The lowest BCUT2D eigenvalue weighted by Gasteiger charge is -2.36. The Kier molecular flexibility index (Phi) is 5.46. The molecule has 1 aromatic carbocycles. The van der Waals surface area contributed by atoms with Crippen molar-refractivity contribution in [2.75, 3.05) is 31.1 Å². The first-order valence-corrected chi connectivity index (χ1v) is 10.0. The monoisotopic (exact) mass is 427 g/mol. The van der Waals surface area contributed by atoms with Gasteiger partial charge in [-0.1, -0.05) is 41.4 Å². The van der Waals surface area contributed by atoms with Gasteiger partial charge in [0.15, 0.2) is 0 Å². The molecule has 4 rings (SSSR count). The zero-order valence-electron chi connectivity index (χ0n) is 15.9. The highest BCUT2D eigenvalue weighted by Crippen LogP contribution is 2.29. The number of pyridine rings is 2. The van der Waals surface area contributed by atoms with Crippen LogP contribution in [0.15, 0.2) is 41.2 Å². The van der Waals surface area contributed by atoms with Crippen molar-refractivity contribution in [2.45, 2.75) is 6.54 Å². The molecular weight excluding hydrogens is 409 g/mol. The van der Waals surface area contributed by atoms with E-state index in [4.69, 9.17) is 23.2 Å². The minimum Gasteiger partial charge on any atom is -0.366 e. The van der Waals surface area contributed by atoms with E-state index in [0.29, 0.717) is 35.0 Å². The van der Waals surface area contributed by atoms with Gasteiger partial charge in [-0.3, -0.25) is 9.69 Å². The number of piperazine rings is 1. The van der Waals surface area contributed by atoms with E-state index < -0.39 is 0 Å². The average molecular weight is 428 g/mol. The average Bonchev–Trinajstić information content (AvgIpc) is 2.73. The molecule has 0 unspecified atom stereocenters. The second-order valence-electron chi connectivity index (χ2n) is 7.06. The summed E-state index contributed by atoms with van der Waals surface area (Å²) in [6, 6.07) is 13.3. The third-order valence-electron chi connectivity index (χ3n) is 5.33. The molecule has 1 fully saturated rings. The molecule has 148 valence electrons. The number of hydrogen-bond acceptors (Lipinski definition) is 5. The quantitative estimate of drug-likeness (QED) is 0.598. The lowest BCUT2D eigenvalue weighted by Crippen LogP contribution is -2.47. The van der Waals surface area contributed by atoms with Gasteiger partial charge in [-0.05, 0) is 23.8 Å². The third kappa shape index (κ3) is 3.69. The van der Waals surface area contributed by atoms with Crippen LogP contribution in [0.2, 0.25) is 10.2 Å². The number of nitrogens with zero attached hydrogens (tertiary/aromatic N) is 5. The SMILES string of the molecule is Cn1c(=O)c(C#N)c(N2CCN(Cc3ccccc3Cl)CC2)c2nc(Cl)ccc21. The molecule has 0 atom stereocenters. The van der Waals surface area contributed by atoms with E-state index in [1.807, 2.05) is 24.3 Å². The fourth-order valence-electron chi connectivity index (χ4n) is 3.78. The Labute approximate surface area is 178 Å². The molecule has 8 heteroatoms. The largest absolute Gasteiger partial charge is 0.366 e. The minimum absolute atomic E-state index is 0.106. The summed E-state index contributed by atoms with van der Waals surface area (Å²) in [4.78, 5) is 21.6. The van der Waals surface area contributed by atoms with Crippen molar-refractivity contribution in [1.82, 2.24) is 14.5 Å². The summed E-state index contributed by atoms with van der Waals surface area (Å²) in [6.45, 7) is 3.69. The Hall–Kier alpha value is -2.59. The topological polar surface area (TPSA) is 65.2 Å². The molecule has 0 radical (unpaired) electrons. The molecule has 0 bridgehead atoms. The maximum absolute atomic E-state index is 12.7. The van der Waals surface area contributed by atoms with Gasteiger partial charge >= 0.3 is 0 Å². The number of hydrogen-bond donors (Lipinski definition) is 0. The summed E-state index contributed by atoms with van der Waals surface area (Å²) >= 11 is 12.4. The summed E-state index contributed by atoms with van der Waals surface area (Å²) in [6.07, 6.45) is 0. The van der Waals surface area contributed by atoms with Crippen LogP contribution in [0.4, 0.5) is 5.69 Å². The number of fused-ring (bicyclic) bond motifs is 1. The molecule has 3 aromatic rings. The molecule has 0 N–H and O–H groups in total. The molecular formula is C21H19Cl2N5O. The lowest BCUT2D eigenvalue weighted by molar-refractivity contribution is 0.250. The van der Waals surface area contributed by atoms with Gasteiger partial charge in [0.05, 0.1) is 11.2 Å². The summed E-state index contributed by atoms with van der Waals surface area (Å²) in [7, 11) is 1.65. The van der Waals surface area contributed by atoms with Crippen LogP contribution < -0.4 is 10.5 Å². The van der Waals surface area contributed by atoms with Crippen LogP contribution in [0.5, 0.6) is 0 Å². The fourth-order valence-corrected chi connectivity index (χ4v) is 4.12. The van der Waals surface area contributed by atoms with E-state index in [0.717, 1.165) is 30.2 Å². The van der Waals surface area contributed by atoms with Gasteiger partial charge in [-0.2, -0.15) is 5.26 Å². The first kappa shape index (κ1) is 19.7. The Balaban J connectivity index is 1.66. The zero-order chi connectivity index (χ0) is 20.5. The van der Waals surface area contributed by atoms with Crippen molar-refractivity contribution in [2.24, 2.45) is 7.05 Å². The lowest BCUT2D eigenvalue weighted by atomic mass is 10.1. The van der Waals surface area contributed by atoms with Crippen molar-refractivity contribution >= 4 is 39.9 Å². The van der Waals surface area contributed by atoms with Gasteiger partial charge in [-0.15, -0.1) is 0 Å². The van der Waals surface area contributed by atoms with Crippen LogP contribution in [0.25, 0.3) is 11.0 Å². The zero-order valence-corrected chi connectivity index (χ0v) is 17.4. The van der Waals surface area contributed by atoms with Crippen molar-refractivity contribution in [1.29, 1.82) is 5.26 Å². The highest BCUT2D eigenvalue weighted by molar-refractivity contribution is 6.31. The van der Waals surface area contributed by atoms with E-state index >= 15 is 0 Å². The van der Waals surface area contributed by atoms with E-state index in [-0.39, 0.29) is 11.1 Å².